The molecule has 29 heavy (non-hydrogen) atoms. The van der Waals surface area contributed by atoms with Gasteiger partial charge in [0, 0.05) is 35.4 Å². The molecule has 0 radical (unpaired) electrons. The van der Waals surface area contributed by atoms with Crippen LogP contribution >= 0.6 is 11.6 Å². The second kappa shape index (κ2) is 9.97. The first kappa shape index (κ1) is 22.3. The van der Waals surface area contributed by atoms with Crippen molar-refractivity contribution in [3.63, 3.8) is 0 Å². The number of hydrogen-bond donors (Lipinski definition) is 0. The molecule has 0 N–H and O–H groups in total. The fourth-order valence-corrected chi connectivity index (χ4v) is 2.93. The van der Waals surface area contributed by atoms with Crippen molar-refractivity contribution in [1.29, 1.82) is 0 Å². The van der Waals surface area contributed by atoms with Crippen LogP contribution in [0.2, 0.25) is 5.15 Å². The van der Waals surface area contributed by atoms with Gasteiger partial charge in [0.1, 0.15) is 5.15 Å². The SMILES string of the molecule is CCCCn1nc(C)c(/C=C/C(=O)OCC(=O)c2ccc(C)c([N+](=O)[O-])c2)c1Cl. The van der Waals surface area contributed by atoms with Gasteiger partial charge in [-0.1, -0.05) is 37.1 Å². The van der Waals surface area contributed by atoms with Crippen LogP contribution in [-0.4, -0.2) is 33.1 Å². The zero-order chi connectivity index (χ0) is 21.6. The smallest absolute Gasteiger partial charge is 0.331 e. The number of esters is 1. The summed E-state index contributed by atoms with van der Waals surface area (Å²) >= 11 is 6.30. The second-order valence-electron chi connectivity index (χ2n) is 6.49. The van der Waals surface area contributed by atoms with E-state index in [-0.39, 0.29) is 11.3 Å². The molecule has 0 amide bonds. The summed E-state index contributed by atoms with van der Waals surface area (Å²) in [6.07, 6.45) is 4.61. The van der Waals surface area contributed by atoms with Crippen molar-refractivity contribution in [2.24, 2.45) is 0 Å². The van der Waals surface area contributed by atoms with Gasteiger partial charge >= 0.3 is 5.97 Å². The molecule has 0 saturated carbocycles. The number of hydrogen-bond acceptors (Lipinski definition) is 6. The molecule has 2 aromatic rings. The fraction of sp³-hybridized carbons (Fsp3) is 0.350. The van der Waals surface area contributed by atoms with E-state index in [1.54, 1.807) is 18.5 Å². The van der Waals surface area contributed by atoms with Gasteiger partial charge in [-0.3, -0.25) is 19.6 Å². The highest BCUT2D eigenvalue weighted by atomic mass is 35.5. The Bertz CT molecular complexity index is 965. The van der Waals surface area contributed by atoms with Crippen LogP contribution in [0.15, 0.2) is 24.3 Å². The van der Waals surface area contributed by atoms with Gasteiger partial charge in [-0.05, 0) is 26.3 Å². The Labute approximate surface area is 173 Å². The fourth-order valence-electron chi connectivity index (χ4n) is 2.61. The van der Waals surface area contributed by atoms with E-state index in [1.807, 2.05) is 0 Å². The topological polar surface area (TPSA) is 104 Å². The van der Waals surface area contributed by atoms with Gasteiger partial charge in [-0.15, -0.1) is 0 Å². The highest BCUT2D eigenvalue weighted by Gasteiger charge is 2.16. The van der Waals surface area contributed by atoms with Crippen molar-refractivity contribution >= 4 is 35.1 Å². The van der Waals surface area contributed by atoms with Crippen LogP contribution in [0.5, 0.6) is 0 Å². The van der Waals surface area contributed by atoms with Gasteiger partial charge in [0.25, 0.3) is 5.69 Å². The third-order valence-electron chi connectivity index (χ3n) is 4.29. The molecule has 0 saturated heterocycles. The Morgan fingerprint density at radius 2 is 2.07 bits per heavy atom. The first-order valence-corrected chi connectivity index (χ1v) is 9.48. The summed E-state index contributed by atoms with van der Waals surface area (Å²) in [5, 5.41) is 15.8. The number of ether oxygens (including phenoxy) is 1. The number of nitrogens with zero attached hydrogens (tertiary/aromatic N) is 3. The molecule has 9 heteroatoms. The highest BCUT2D eigenvalue weighted by molar-refractivity contribution is 6.31. The molecule has 1 heterocycles. The lowest BCUT2D eigenvalue weighted by Crippen LogP contribution is -2.13. The van der Waals surface area contributed by atoms with E-state index in [0.29, 0.717) is 28.5 Å². The summed E-state index contributed by atoms with van der Waals surface area (Å²) in [6.45, 7) is 5.59. The molecule has 1 aromatic heterocycles. The Morgan fingerprint density at radius 3 is 2.72 bits per heavy atom. The van der Waals surface area contributed by atoms with E-state index < -0.39 is 23.3 Å². The molecule has 0 aliphatic rings. The zero-order valence-electron chi connectivity index (χ0n) is 16.5. The number of carbonyl (C=O) groups is 2. The molecule has 0 aliphatic heterocycles. The maximum atomic E-state index is 12.2. The molecule has 0 bridgehead atoms. The van der Waals surface area contributed by atoms with Gasteiger partial charge in [0.05, 0.1) is 10.6 Å². The molecule has 0 atom stereocenters. The molecule has 1 aromatic carbocycles. The predicted octanol–water partition coefficient (Wildman–Crippen LogP) is 4.30. The number of nitro benzene ring substituents is 1. The van der Waals surface area contributed by atoms with Crippen LogP contribution in [0, 0.1) is 24.0 Å². The van der Waals surface area contributed by atoms with Crippen molar-refractivity contribution in [3.8, 4) is 0 Å². The first-order chi connectivity index (χ1) is 13.7. The number of benzene rings is 1. The number of Topliss-reactive ketones (excluding diaryl/α,β-unsaturated/α-hetero) is 1. The molecule has 0 aliphatic carbocycles. The number of nitro groups is 1. The van der Waals surface area contributed by atoms with E-state index in [9.17, 15) is 19.7 Å². The Balaban J connectivity index is 2.00. The van der Waals surface area contributed by atoms with E-state index in [1.165, 1.54) is 30.4 Å². The molecule has 154 valence electrons. The summed E-state index contributed by atoms with van der Waals surface area (Å²) in [5.74, 6) is -1.26. The number of aromatic nitrogens is 2. The normalized spacial score (nSPS) is 11.0. The van der Waals surface area contributed by atoms with Gasteiger partial charge in [-0.25, -0.2) is 4.79 Å². The molecule has 0 fully saturated rings. The Morgan fingerprint density at radius 1 is 1.34 bits per heavy atom. The number of carbonyl (C=O) groups excluding carboxylic acids is 2. The van der Waals surface area contributed by atoms with Gasteiger partial charge in [0.15, 0.2) is 6.61 Å². The monoisotopic (exact) mass is 419 g/mol. The summed E-state index contributed by atoms with van der Waals surface area (Å²) in [6, 6.07) is 4.12. The third-order valence-corrected chi connectivity index (χ3v) is 4.69. The van der Waals surface area contributed by atoms with Crippen LogP contribution in [0.3, 0.4) is 0 Å². The van der Waals surface area contributed by atoms with Crippen LogP contribution in [-0.2, 0) is 16.1 Å². The summed E-state index contributed by atoms with van der Waals surface area (Å²) < 4.78 is 6.63. The van der Waals surface area contributed by atoms with Crippen molar-refractivity contribution in [2.45, 2.75) is 40.2 Å². The van der Waals surface area contributed by atoms with Crippen LogP contribution < -0.4 is 0 Å². The van der Waals surface area contributed by atoms with Crippen LogP contribution in [0.25, 0.3) is 6.08 Å². The molecule has 0 unspecified atom stereocenters. The minimum absolute atomic E-state index is 0.107. The summed E-state index contributed by atoms with van der Waals surface area (Å²) in [7, 11) is 0. The highest BCUT2D eigenvalue weighted by Crippen LogP contribution is 2.22. The van der Waals surface area contributed by atoms with E-state index in [2.05, 4.69) is 12.0 Å². The number of unbranched alkanes of at least 4 members (excludes halogenated alkanes) is 1. The van der Waals surface area contributed by atoms with Crippen molar-refractivity contribution in [2.75, 3.05) is 6.61 Å². The van der Waals surface area contributed by atoms with Crippen molar-refractivity contribution in [3.05, 3.63) is 61.9 Å². The van der Waals surface area contributed by atoms with Crippen LogP contribution in [0.1, 0.15) is 46.9 Å². The minimum atomic E-state index is -0.725. The first-order valence-electron chi connectivity index (χ1n) is 9.10. The molecular formula is C20H22ClN3O5. The Kier molecular flexibility index (Phi) is 7.67. The van der Waals surface area contributed by atoms with Crippen LogP contribution in [0.4, 0.5) is 5.69 Å². The zero-order valence-corrected chi connectivity index (χ0v) is 17.2. The Hall–Kier alpha value is -3.00. The maximum Gasteiger partial charge on any atom is 0.331 e. The van der Waals surface area contributed by atoms with E-state index in [0.717, 1.165) is 12.8 Å². The van der Waals surface area contributed by atoms with Gasteiger partial charge < -0.3 is 4.74 Å². The quantitative estimate of drug-likeness (QED) is 0.197. The lowest BCUT2D eigenvalue weighted by Gasteiger charge is -2.03. The molecule has 0 spiro atoms. The largest absolute Gasteiger partial charge is 0.454 e. The average molecular weight is 420 g/mol. The number of halogens is 1. The average Bonchev–Trinajstić information content (AvgIpc) is 2.95. The van der Waals surface area contributed by atoms with E-state index >= 15 is 0 Å². The molecular weight excluding hydrogens is 398 g/mol. The van der Waals surface area contributed by atoms with Gasteiger partial charge in [-0.2, -0.15) is 5.10 Å². The second-order valence-corrected chi connectivity index (χ2v) is 6.85. The lowest BCUT2D eigenvalue weighted by atomic mass is 10.1. The molecule has 8 nitrogen and oxygen atoms in total. The minimum Gasteiger partial charge on any atom is -0.454 e. The number of rotatable bonds is 9. The number of aryl methyl sites for hydroxylation is 3. The standard InChI is InChI=1S/C20H22ClN3O5/c1-4-5-10-23-20(21)16(14(3)22-23)8-9-19(26)29-12-18(25)15-7-6-13(2)17(11-15)24(27)28/h6-9,11H,4-5,10,12H2,1-3H3/b9-8+. The number of ketones is 1. The predicted molar refractivity (Wildman–Crippen MR) is 109 cm³/mol. The summed E-state index contributed by atoms with van der Waals surface area (Å²) in [5.41, 5.74) is 1.68. The summed E-state index contributed by atoms with van der Waals surface area (Å²) in [4.78, 5) is 34.5. The molecule has 2 rings (SSSR count). The van der Waals surface area contributed by atoms with Gasteiger partial charge in [0.2, 0.25) is 5.78 Å². The van der Waals surface area contributed by atoms with E-state index in [4.69, 9.17) is 16.3 Å². The third kappa shape index (κ3) is 5.74. The lowest BCUT2D eigenvalue weighted by molar-refractivity contribution is -0.385. The maximum absolute atomic E-state index is 12.2. The van der Waals surface area contributed by atoms with Crippen molar-refractivity contribution in [1.82, 2.24) is 9.78 Å². The van der Waals surface area contributed by atoms with Crippen molar-refractivity contribution < 1.29 is 19.2 Å².